The third kappa shape index (κ3) is 40.1. The van der Waals surface area contributed by atoms with Crippen LogP contribution in [-0.2, 0) is 0 Å². The maximum Gasteiger partial charge on any atom is -0.0184 e. The van der Waals surface area contributed by atoms with Gasteiger partial charge in [-0.25, -0.2) is 0 Å². The molecule has 0 aliphatic carbocycles. The van der Waals surface area contributed by atoms with E-state index in [4.69, 9.17) is 0 Å². The van der Waals surface area contributed by atoms with Crippen LogP contribution in [0.4, 0.5) is 0 Å². The van der Waals surface area contributed by atoms with Crippen molar-refractivity contribution in [3.05, 3.63) is 133 Å². The fraction of sp³-hybridized carbons (Fsp3) is 0.368. The van der Waals surface area contributed by atoms with Crippen LogP contribution in [-0.4, -0.2) is 0 Å². The van der Waals surface area contributed by atoms with Gasteiger partial charge in [0.25, 0.3) is 0 Å². The Labute approximate surface area is 240 Å². The van der Waals surface area contributed by atoms with Crippen molar-refractivity contribution in [3.63, 3.8) is 0 Å². The van der Waals surface area contributed by atoms with Crippen molar-refractivity contribution >= 4 is 0 Å². The van der Waals surface area contributed by atoms with Crippen molar-refractivity contribution in [2.45, 2.75) is 95.9 Å². The predicted octanol–water partition coefficient (Wildman–Crippen LogP) is 13.7. The summed E-state index contributed by atoms with van der Waals surface area (Å²) < 4.78 is 0. The first-order valence-electron chi connectivity index (χ1n) is 14.9. The van der Waals surface area contributed by atoms with E-state index < -0.39 is 0 Å². The highest BCUT2D eigenvalue weighted by Crippen LogP contribution is 2.17. The van der Waals surface area contributed by atoms with Gasteiger partial charge in [-0.05, 0) is 11.1 Å². The Morgan fingerprint density at radius 3 is 0.500 bits per heavy atom. The molecule has 38 heavy (non-hydrogen) atoms. The second-order valence-corrected chi connectivity index (χ2v) is 6.46. The third-order valence-corrected chi connectivity index (χ3v) is 3.21. The second kappa shape index (κ2) is 50.7. The van der Waals surface area contributed by atoms with Crippen LogP contribution in [0, 0.1) is 0 Å². The highest BCUT2D eigenvalue weighted by Gasteiger charge is 1.91. The van der Waals surface area contributed by atoms with Crippen molar-refractivity contribution in [2.24, 2.45) is 0 Å². The summed E-state index contributed by atoms with van der Waals surface area (Å²) >= 11 is 0. The lowest BCUT2D eigenvalue weighted by molar-refractivity contribution is 1.09. The van der Waals surface area contributed by atoms with E-state index in [9.17, 15) is 0 Å². The first-order valence-corrected chi connectivity index (χ1v) is 14.9. The molecule has 0 N–H and O–H groups in total. The van der Waals surface area contributed by atoms with Crippen LogP contribution in [0.25, 0.3) is 11.1 Å². The van der Waals surface area contributed by atoms with Crippen molar-refractivity contribution < 1.29 is 0 Å². The van der Waals surface area contributed by atoms with Gasteiger partial charge in [0.15, 0.2) is 0 Å². The second-order valence-electron chi connectivity index (χ2n) is 6.46. The van der Waals surface area contributed by atoms with Crippen molar-refractivity contribution in [1.82, 2.24) is 0 Å². The highest BCUT2D eigenvalue weighted by atomic mass is 14.0. The van der Waals surface area contributed by atoms with E-state index in [-0.39, 0.29) is 0 Å². The number of benzene rings is 4. The number of hydrogen-bond donors (Lipinski definition) is 0. The lowest BCUT2D eigenvalue weighted by Crippen LogP contribution is -1.73. The minimum Gasteiger partial charge on any atom is -0.0683 e. The molecule has 0 aliphatic heterocycles. The van der Waals surface area contributed by atoms with E-state index >= 15 is 0 Å². The Morgan fingerprint density at radius 2 is 0.368 bits per heavy atom. The van der Waals surface area contributed by atoms with Gasteiger partial charge in [0, 0.05) is 0 Å². The molecule has 0 heteroatoms. The lowest BCUT2D eigenvalue weighted by atomic mass is 10.1. The molecular formula is C38H62. The van der Waals surface area contributed by atoms with E-state index in [0.29, 0.717) is 0 Å². The van der Waals surface area contributed by atoms with Gasteiger partial charge in [0.1, 0.15) is 0 Å². The van der Waals surface area contributed by atoms with Gasteiger partial charge >= 0.3 is 0 Å². The topological polar surface area (TPSA) is 0 Å². The molecule has 0 amide bonds. The number of rotatable bonds is 1. The van der Waals surface area contributed by atoms with Crippen LogP contribution in [0.2, 0.25) is 0 Å². The van der Waals surface area contributed by atoms with Crippen molar-refractivity contribution in [3.8, 4) is 11.1 Å². The molecule has 0 fully saturated rings. The fourth-order valence-electron chi connectivity index (χ4n) is 2.03. The van der Waals surface area contributed by atoms with Gasteiger partial charge in [-0.15, -0.1) is 0 Å². The Morgan fingerprint density at radius 1 is 0.263 bits per heavy atom. The average molecular weight is 519 g/mol. The predicted molar refractivity (Wildman–Crippen MR) is 182 cm³/mol. The van der Waals surface area contributed by atoms with Crippen LogP contribution in [0.15, 0.2) is 133 Å². The van der Waals surface area contributed by atoms with Crippen LogP contribution in [0.1, 0.15) is 95.9 Å². The van der Waals surface area contributed by atoms with Crippen LogP contribution < -0.4 is 0 Å². The Hall–Kier alpha value is -3.12. The van der Waals surface area contributed by atoms with Gasteiger partial charge in [-0.2, -0.15) is 0 Å². The molecule has 4 rings (SSSR count). The van der Waals surface area contributed by atoms with E-state index in [0.717, 1.165) is 0 Å². The molecule has 0 spiro atoms. The monoisotopic (exact) mass is 518 g/mol. The van der Waals surface area contributed by atoms with Gasteiger partial charge < -0.3 is 0 Å². The molecule has 0 unspecified atom stereocenters. The molecular weight excluding hydrogens is 456 g/mol. The van der Waals surface area contributed by atoms with E-state index in [1.54, 1.807) is 0 Å². The Bertz CT molecular complexity index is 638. The zero-order chi connectivity index (χ0) is 30.1. The minimum absolute atomic E-state index is 1.25. The first-order chi connectivity index (χ1) is 18.8. The summed E-state index contributed by atoms with van der Waals surface area (Å²) in [4.78, 5) is 0. The summed E-state index contributed by atoms with van der Waals surface area (Å²) in [5.41, 5.74) is 2.55. The molecule has 0 saturated carbocycles. The van der Waals surface area contributed by atoms with Gasteiger partial charge in [-0.1, -0.05) is 229 Å². The van der Waals surface area contributed by atoms with E-state index in [1.807, 2.05) is 140 Å². The minimum atomic E-state index is 1.25. The molecule has 4 aromatic rings. The zero-order valence-corrected chi connectivity index (χ0v) is 27.1. The number of hydrogen-bond acceptors (Lipinski definition) is 0. The summed E-state index contributed by atoms with van der Waals surface area (Å²) in [5, 5.41) is 0. The summed E-state index contributed by atoms with van der Waals surface area (Å²) in [6, 6.07) is 44.8. The van der Waals surface area contributed by atoms with E-state index in [2.05, 4.69) is 76.2 Å². The summed E-state index contributed by atoms with van der Waals surface area (Å²) in [6.45, 7) is 24.5. The lowest BCUT2D eigenvalue weighted by Gasteiger charge is -1.98. The van der Waals surface area contributed by atoms with Gasteiger partial charge in [0.05, 0.1) is 0 Å². The quantitative estimate of drug-likeness (QED) is 0.235. The Balaban J connectivity index is -0.000000121. The normalized spacial score (nSPS) is 7.16. The molecule has 214 valence electrons. The molecule has 0 nitrogen and oxygen atoms in total. The summed E-state index contributed by atoms with van der Waals surface area (Å²) in [6.07, 6.45) is 2.50. The molecule has 0 aliphatic rings. The third-order valence-electron chi connectivity index (χ3n) is 3.21. The van der Waals surface area contributed by atoms with Crippen LogP contribution in [0.3, 0.4) is 0 Å². The summed E-state index contributed by atoms with van der Waals surface area (Å²) in [5.74, 6) is 0. The molecule has 0 radical (unpaired) electrons. The van der Waals surface area contributed by atoms with Crippen molar-refractivity contribution in [1.29, 1.82) is 0 Å². The standard InChI is InChI=1S/C12H10.2C6H6.2C3H8.4C2H6/c1-3-7-11(8-4-1)12-9-5-2-6-10-12;2*1-2-4-6-5-3-1;2*1-3-2;4*1-2/h1-10H;2*1-6H;2*3H2,1-2H3;4*1-2H3. The van der Waals surface area contributed by atoms with Crippen LogP contribution in [0.5, 0.6) is 0 Å². The molecule has 0 saturated heterocycles. The first kappa shape index (κ1) is 44.8. The summed E-state index contributed by atoms with van der Waals surface area (Å²) in [7, 11) is 0. The SMILES string of the molecule is CC.CC.CC.CC.CCC.CCC.c1ccc(-c2ccccc2)cc1.c1ccccc1.c1ccccc1. The highest BCUT2D eigenvalue weighted by molar-refractivity contribution is 5.62. The molecule has 0 atom stereocenters. The zero-order valence-electron chi connectivity index (χ0n) is 27.1. The van der Waals surface area contributed by atoms with Crippen molar-refractivity contribution in [2.75, 3.05) is 0 Å². The van der Waals surface area contributed by atoms with Gasteiger partial charge in [-0.3, -0.25) is 0 Å². The van der Waals surface area contributed by atoms with E-state index in [1.165, 1.54) is 24.0 Å². The molecule has 0 aromatic heterocycles. The fourth-order valence-corrected chi connectivity index (χ4v) is 2.03. The molecule has 0 heterocycles. The smallest absolute Gasteiger partial charge is 0.0184 e. The average Bonchev–Trinajstić information content (AvgIpc) is 3.05. The Kier molecular flexibility index (Phi) is 59.8. The van der Waals surface area contributed by atoms with Gasteiger partial charge in [0.2, 0.25) is 0 Å². The molecule has 4 aromatic carbocycles. The maximum absolute atomic E-state index is 2.12. The largest absolute Gasteiger partial charge is 0.0683 e. The maximum atomic E-state index is 2.12. The van der Waals surface area contributed by atoms with Crippen LogP contribution >= 0.6 is 0 Å². The molecule has 0 bridgehead atoms.